The molecule has 0 unspecified atom stereocenters. The van der Waals surface area contributed by atoms with Crippen LogP contribution in [0.15, 0.2) is 48.5 Å². The fourth-order valence-electron chi connectivity index (χ4n) is 2.72. The predicted octanol–water partition coefficient (Wildman–Crippen LogP) is 3.32. The molecule has 0 aliphatic carbocycles. The maximum atomic E-state index is 12.2. The zero-order chi connectivity index (χ0) is 22.5. The van der Waals surface area contributed by atoms with E-state index >= 15 is 0 Å². The summed E-state index contributed by atoms with van der Waals surface area (Å²) >= 11 is 0. The summed E-state index contributed by atoms with van der Waals surface area (Å²) in [5.74, 6) is -1.49. The highest BCUT2D eigenvalue weighted by atomic mass is 16.6. The number of amides is 1. The van der Waals surface area contributed by atoms with Crippen LogP contribution in [0, 0.1) is 0 Å². The van der Waals surface area contributed by atoms with E-state index in [1.807, 2.05) is 30.3 Å². The summed E-state index contributed by atoms with van der Waals surface area (Å²) in [7, 11) is 1.23. The normalized spacial score (nSPS) is 13.2. The van der Waals surface area contributed by atoms with E-state index in [1.54, 1.807) is 20.8 Å². The third-order valence-electron chi connectivity index (χ3n) is 4.21. The first-order valence-corrected chi connectivity index (χ1v) is 9.36. The molecule has 0 heterocycles. The van der Waals surface area contributed by atoms with Gasteiger partial charge in [0, 0.05) is 7.05 Å². The number of phenolic OH excluding ortho intramolecular Hbond substituents is 1. The molecule has 0 aliphatic heterocycles. The number of hydrogen-bond acceptors (Lipinski definition) is 6. The number of nitrogens with zero attached hydrogens (tertiary/aromatic N) is 1. The Kier molecular flexibility index (Phi) is 7.28. The monoisotopic (exact) mass is 417 g/mol. The highest BCUT2D eigenvalue weighted by Gasteiger charge is 2.36. The highest BCUT2D eigenvalue weighted by molar-refractivity contribution is 5.81. The molecule has 3 N–H and O–H groups in total. The molecule has 8 nitrogen and oxygen atoms in total. The van der Waals surface area contributed by atoms with Gasteiger partial charge in [0.1, 0.15) is 18.3 Å². The fraction of sp³-hybridized carbons (Fsp3) is 0.364. The van der Waals surface area contributed by atoms with Crippen molar-refractivity contribution in [2.75, 3.05) is 7.05 Å². The third-order valence-corrected chi connectivity index (χ3v) is 4.21. The molecule has 0 aliphatic rings. The average molecular weight is 417 g/mol. The molecule has 2 aromatic rings. The number of carboxylic acids is 1. The lowest BCUT2D eigenvalue weighted by Gasteiger charge is -2.31. The molecule has 30 heavy (non-hydrogen) atoms. The number of aromatic hydroxyl groups is 1. The van der Waals surface area contributed by atoms with E-state index in [2.05, 4.69) is 0 Å². The van der Waals surface area contributed by atoms with Crippen LogP contribution < -0.4 is 4.74 Å². The molecule has 0 radical (unpaired) electrons. The van der Waals surface area contributed by atoms with E-state index in [0.29, 0.717) is 0 Å². The quantitative estimate of drug-likeness (QED) is 0.633. The molecule has 0 fully saturated rings. The predicted molar refractivity (Wildman–Crippen MR) is 109 cm³/mol. The van der Waals surface area contributed by atoms with E-state index in [9.17, 15) is 24.9 Å². The van der Waals surface area contributed by atoms with Crippen LogP contribution in [-0.4, -0.2) is 51.0 Å². The van der Waals surface area contributed by atoms with Gasteiger partial charge in [-0.15, -0.1) is 0 Å². The van der Waals surface area contributed by atoms with Crippen molar-refractivity contribution in [2.45, 2.75) is 45.1 Å². The molecule has 8 heteroatoms. The second-order valence-corrected chi connectivity index (χ2v) is 7.82. The number of likely N-dealkylation sites (N-methyl/N-ethyl adjacent to an activating group) is 1. The van der Waals surface area contributed by atoms with E-state index in [-0.39, 0.29) is 23.7 Å². The van der Waals surface area contributed by atoms with Crippen molar-refractivity contribution in [3.8, 4) is 11.5 Å². The number of carbonyl (C=O) groups excluding carboxylic acids is 1. The molecule has 2 atom stereocenters. The molecule has 162 valence electrons. The van der Waals surface area contributed by atoms with Gasteiger partial charge in [-0.05, 0) is 44.0 Å². The van der Waals surface area contributed by atoms with Crippen LogP contribution in [0.1, 0.15) is 38.0 Å². The Hall–Kier alpha value is -3.26. The van der Waals surface area contributed by atoms with E-state index < -0.39 is 29.8 Å². The lowest BCUT2D eigenvalue weighted by Crippen LogP contribution is -2.48. The summed E-state index contributed by atoms with van der Waals surface area (Å²) in [4.78, 5) is 24.8. The van der Waals surface area contributed by atoms with E-state index in [0.717, 1.165) is 10.5 Å². The maximum absolute atomic E-state index is 12.2. The zero-order valence-corrected chi connectivity index (χ0v) is 17.4. The molecule has 0 aromatic heterocycles. The lowest BCUT2D eigenvalue weighted by atomic mass is 10.0. The minimum atomic E-state index is -1.62. The van der Waals surface area contributed by atoms with Gasteiger partial charge in [-0.1, -0.05) is 36.4 Å². The zero-order valence-electron chi connectivity index (χ0n) is 17.4. The third kappa shape index (κ3) is 6.12. The van der Waals surface area contributed by atoms with Gasteiger partial charge in [0.05, 0.1) is 0 Å². The van der Waals surface area contributed by atoms with Gasteiger partial charge >= 0.3 is 12.1 Å². The molecular weight excluding hydrogens is 390 g/mol. The summed E-state index contributed by atoms with van der Waals surface area (Å²) in [5, 5.41) is 30.4. The number of ether oxygens (including phenoxy) is 2. The number of rotatable bonds is 7. The van der Waals surface area contributed by atoms with Crippen LogP contribution in [-0.2, 0) is 16.1 Å². The minimum absolute atomic E-state index is 0.113. The number of aliphatic carboxylic acids is 1. The Morgan fingerprint density at radius 3 is 2.27 bits per heavy atom. The Bertz CT molecular complexity index is 877. The summed E-state index contributed by atoms with van der Waals surface area (Å²) in [6, 6.07) is 11.8. The number of phenols is 1. The first kappa shape index (κ1) is 23.0. The number of benzene rings is 2. The average Bonchev–Trinajstić information content (AvgIpc) is 2.66. The topological polar surface area (TPSA) is 117 Å². The van der Waals surface area contributed by atoms with Gasteiger partial charge in [0.15, 0.2) is 17.5 Å². The van der Waals surface area contributed by atoms with Gasteiger partial charge in [-0.2, -0.15) is 0 Å². The van der Waals surface area contributed by atoms with Crippen molar-refractivity contribution in [1.82, 2.24) is 4.90 Å². The molecule has 2 aromatic carbocycles. The molecule has 2 rings (SSSR count). The van der Waals surface area contributed by atoms with Crippen molar-refractivity contribution < 1.29 is 34.4 Å². The Morgan fingerprint density at radius 1 is 1.10 bits per heavy atom. The van der Waals surface area contributed by atoms with Crippen molar-refractivity contribution in [2.24, 2.45) is 0 Å². The van der Waals surface area contributed by atoms with Gasteiger partial charge in [-0.3, -0.25) is 4.90 Å². The lowest BCUT2D eigenvalue weighted by molar-refractivity contribution is -0.147. The summed E-state index contributed by atoms with van der Waals surface area (Å²) in [6.07, 6.45) is -2.49. The Balaban J connectivity index is 2.16. The van der Waals surface area contributed by atoms with Crippen molar-refractivity contribution in [1.29, 1.82) is 0 Å². The van der Waals surface area contributed by atoms with Gasteiger partial charge in [-0.25, -0.2) is 9.59 Å². The standard InChI is InChI=1S/C22H27NO7/c1-22(2,3)30-21(28)23(4)18(20(26)27)19(25)15-10-11-17(16(24)12-15)29-13-14-8-6-5-7-9-14/h5-12,18-19,24-25H,13H2,1-4H3,(H,26,27)/t18-,19+/m0/s1. The smallest absolute Gasteiger partial charge is 0.410 e. The Labute approximate surface area is 175 Å². The molecule has 0 saturated carbocycles. The summed E-state index contributed by atoms with van der Waals surface area (Å²) in [5.41, 5.74) is 0.198. The van der Waals surface area contributed by atoms with Crippen LogP contribution in [0.5, 0.6) is 11.5 Å². The summed E-state index contributed by atoms with van der Waals surface area (Å²) < 4.78 is 10.8. The number of hydrogen-bond donors (Lipinski definition) is 3. The number of aliphatic hydroxyl groups excluding tert-OH is 1. The van der Waals surface area contributed by atoms with E-state index in [1.165, 1.54) is 25.2 Å². The number of carbonyl (C=O) groups is 2. The number of aliphatic hydroxyl groups is 1. The second-order valence-electron chi connectivity index (χ2n) is 7.82. The first-order valence-electron chi connectivity index (χ1n) is 9.36. The maximum Gasteiger partial charge on any atom is 0.410 e. The van der Waals surface area contributed by atoms with E-state index in [4.69, 9.17) is 9.47 Å². The number of carboxylic acid groups (broad SMARTS) is 1. The van der Waals surface area contributed by atoms with Crippen molar-refractivity contribution in [3.63, 3.8) is 0 Å². The molecule has 0 bridgehead atoms. The summed E-state index contributed by atoms with van der Waals surface area (Å²) in [6.45, 7) is 5.18. The molecular formula is C22H27NO7. The van der Waals surface area contributed by atoms with Gasteiger partial charge in [0.2, 0.25) is 0 Å². The molecule has 0 spiro atoms. The second kappa shape index (κ2) is 9.49. The fourth-order valence-corrected chi connectivity index (χ4v) is 2.72. The van der Waals surface area contributed by atoms with Gasteiger partial charge in [0.25, 0.3) is 0 Å². The molecule has 1 amide bonds. The minimum Gasteiger partial charge on any atom is -0.504 e. The highest BCUT2D eigenvalue weighted by Crippen LogP contribution is 2.32. The van der Waals surface area contributed by atoms with Crippen molar-refractivity contribution in [3.05, 3.63) is 59.7 Å². The van der Waals surface area contributed by atoms with Gasteiger partial charge < -0.3 is 24.8 Å². The SMILES string of the molecule is CN(C(=O)OC(C)(C)C)[C@H](C(=O)O)[C@H](O)c1ccc(OCc2ccccc2)c(O)c1. The van der Waals surface area contributed by atoms with Crippen LogP contribution >= 0.6 is 0 Å². The van der Waals surface area contributed by atoms with Crippen LogP contribution in [0.3, 0.4) is 0 Å². The largest absolute Gasteiger partial charge is 0.504 e. The Morgan fingerprint density at radius 2 is 1.73 bits per heavy atom. The first-order chi connectivity index (χ1) is 14.0. The van der Waals surface area contributed by atoms with Crippen LogP contribution in [0.25, 0.3) is 0 Å². The van der Waals surface area contributed by atoms with Crippen molar-refractivity contribution >= 4 is 12.1 Å². The van der Waals surface area contributed by atoms with Crippen LogP contribution in [0.2, 0.25) is 0 Å². The van der Waals surface area contributed by atoms with Crippen LogP contribution in [0.4, 0.5) is 4.79 Å². The molecule has 0 saturated heterocycles.